The van der Waals surface area contributed by atoms with Crippen molar-refractivity contribution in [2.24, 2.45) is 11.1 Å². The summed E-state index contributed by atoms with van der Waals surface area (Å²) in [6, 6.07) is 3.16. The van der Waals surface area contributed by atoms with E-state index in [2.05, 4.69) is 13.8 Å². The molecule has 1 heterocycles. The number of aromatic nitrogens is 1. The van der Waals surface area contributed by atoms with Crippen LogP contribution in [0.5, 0.6) is 0 Å². The Hall–Kier alpha value is -1.75. The topological polar surface area (TPSA) is 30.9 Å². The predicted octanol–water partition coefficient (Wildman–Crippen LogP) is 3.87. The van der Waals surface area contributed by atoms with E-state index in [1.54, 1.807) is 10.8 Å². The first-order valence-corrected chi connectivity index (χ1v) is 6.89. The van der Waals surface area contributed by atoms with Gasteiger partial charge in [0.15, 0.2) is 11.6 Å². The van der Waals surface area contributed by atoms with Gasteiger partial charge in [0.2, 0.25) is 0 Å². The Morgan fingerprint density at radius 3 is 2.52 bits per heavy atom. The average molecular weight is 294 g/mol. The molecule has 1 atom stereocenters. The monoisotopic (exact) mass is 294 g/mol. The maximum atomic E-state index is 14.0. The van der Waals surface area contributed by atoms with Crippen molar-refractivity contribution >= 4 is 0 Å². The highest BCUT2D eigenvalue weighted by Crippen LogP contribution is 2.41. The molecular weight excluding hydrogens is 277 g/mol. The van der Waals surface area contributed by atoms with Gasteiger partial charge in [0.1, 0.15) is 5.82 Å². The van der Waals surface area contributed by atoms with Crippen LogP contribution in [0.15, 0.2) is 24.4 Å². The van der Waals surface area contributed by atoms with Gasteiger partial charge in [-0.05, 0) is 29.9 Å². The van der Waals surface area contributed by atoms with E-state index in [-0.39, 0.29) is 17.1 Å². The first-order chi connectivity index (χ1) is 9.78. The normalized spacial score (nSPS) is 20.4. The molecule has 0 saturated carbocycles. The molecule has 5 heteroatoms. The zero-order valence-electron chi connectivity index (χ0n) is 12.0. The van der Waals surface area contributed by atoms with Crippen LogP contribution in [0.4, 0.5) is 13.2 Å². The second-order valence-electron chi connectivity index (χ2n) is 6.46. The molecule has 2 N–H and O–H groups in total. The number of hydrogen-bond donors (Lipinski definition) is 1. The number of rotatable bonds is 1. The summed E-state index contributed by atoms with van der Waals surface area (Å²) in [5, 5.41) is 0. The smallest absolute Gasteiger partial charge is 0.161 e. The molecule has 112 valence electrons. The Morgan fingerprint density at radius 2 is 1.81 bits per heavy atom. The molecule has 0 spiro atoms. The molecule has 0 fully saturated rings. The first-order valence-electron chi connectivity index (χ1n) is 6.89. The standard InChI is InChI=1S/C16H17F3N2/c1-16(2)7-13(20)9-3-4-21(15(9)8-16)14-6-11(18)10(17)5-12(14)19/h3-6,13H,7-8,20H2,1-2H3. The summed E-state index contributed by atoms with van der Waals surface area (Å²) >= 11 is 0. The Balaban J connectivity index is 2.16. The van der Waals surface area contributed by atoms with Gasteiger partial charge in [-0.3, -0.25) is 0 Å². The lowest BCUT2D eigenvalue weighted by Crippen LogP contribution is -2.30. The van der Waals surface area contributed by atoms with Crippen LogP contribution in [0.25, 0.3) is 5.69 Å². The zero-order valence-corrected chi connectivity index (χ0v) is 12.0. The van der Waals surface area contributed by atoms with Crippen LogP contribution >= 0.6 is 0 Å². The number of nitrogens with zero attached hydrogens (tertiary/aromatic N) is 1. The minimum Gasteiger partial charge on any atom is -0.324 e. The second-order valence-corrected chi connectivity index (χ2v) is 6.46. The minimum atomic E-state index is -1.19. The maximum Gasteiger partial charge on any atom is 0.161 e. The number of benzene rings is 1. The van der Waals surface area contributed by atoms with Gasteiger partial charge in [-0.1, -0.05) is 13.8 Å². The minimum absolute atomic E-state index is 0.0139. The third-order valence-corrected chi connectivity index (χ3v) is 4.09. The number of hydrogen-bond acceptors (Lipinski definition) is 1. The largest absolute Gasteiger partial charge is 0.324 e. The third-order valence-electron chi connectivity index (χ3n) is 4.09. The molecule has 21 heavy (non-hydrogen) atoms. The summed E-state index contributed by atoms with van der Waals surface area (Å²) < 4.78 is 42.1. The molecular formula is C16H17F3N2. The quantitative estimate of drug-likeness (QED) is 0.795. The fourth-order valence-corrected chi connectivity index (χ4v) is 3.16. The first kappa shape index (κ1) is 14.2. The van der Waals surface area contributed by atoms with E-state index in [1.165, 1.54) is 0 Å². The molecule has 0 radical (unpaired) electrons. The second kappa shape index (κ2) is 4.63. The Morgan fingerprint density at radius 1 is 1.14 bits per heavy atom. The van der Waals surface area contributed by atoms with Gasteiger partial charge in [0, 0.05) is 30.1 Å². The molecule has 1 aromatic carbocycles. The van der Waals surface area contributed by atoms with Crippen molar-refractivity contribution in [3.8, 4) is 5.69 Å². The summed E-state index contributed by atoms with van der Waals surface area (Å²) in [6.45, 7) is 4.18. The van der Waals surface area contributed by atoms with Crippen LogP contribution in [0.3, 0.4) is 0 Å². The Bertz CT molecular complexity index is 704. The van der Waals surface area contributed by atoms with Crippen LogP contribution < -0.4 is 5.73 Å². The van der Waals surface area contributed by atoms with Crippen LogP contribution in [0.2, 0.25) is 0 Å². The molecule has 0 amide bonds. The lowest BCUT2D eigenvalue weighted by Gasteiger charge is -2.34. The Labute approximate surface area is 121 Å². The molecule has 0 saturated heterocycles. The van der Waals surface area contributed by atoms with Crippen molar-refractivity contribution in [1.29, 1.82) is 0 Å². The summed E-state index contributed by atoms with van der Waals surface area (Å²) in [4.78, 5) is 0. The molecule has 1 aromatic heterocycles. The SMILES string of the molecule is CC1(C)Cc2c(ccn2-c2cc(F)c(F)cc2F)C(N)C1. The van der Waals surface area contributed by atoms with E-state index in [0.29, 0.717) is 12.5 Å². The third kappa shape index (κ3) is 2.35. The fraction of sp³-hybridized carbons (Fsp3) is 0.375. The molecule has 2 nitrogen and oxygen atoms in total. The number of halogens is 3. The van der Waals surface area contributed by atoms with Gasteiger partial charge < -0.3 is 10.3 Å². The van der Waals surface area contributed by atoms with E-state index in [4.69, 9.17) is 5.73 Å². The lowest BCUT2D eigenvalue weighted by atomic mass is 9.74. The maximum absolute atomic E-state index is 14.0. The van der Waals surface area contributed by atoms with E-state index in [9.17, 15) is 13.2 Å². The number of fused-ring (bicyclic) bond motifs is 1. The van der Waals surface area contributed by atoms with E-state index < -0.39 is 17.5 Å². The predicted molar refractivity (Wildman–Crippen MR) is 74.7 cm³/mol. The Kier molecular flexibility index (Phi) is 3.13. The van der Waals surface area contributed by atoms with E-state index in [0.717, 1.165) is 23.7 Å². The summed E-state index contributed by atoms with van der Waals surface area (Å²) in [7, 11) is 0. The van der Waals surface area contributed by atoms with Crippen molar-refractivity contribution in [2.75, 3.05) is 0 Å². The fourth-order valence-electron chi connectivity index (χ4n) is 3.16. The average Bonchev–Trinajstić information content (AvgIpc) is 2.76. The number of nitrogens with two attached hydrogens (primary N) is 1. The van der Waals surface area contributed by atoms with Crippen LogP contribution in [-0.4, -0.2) is 4.57 Å². The summed E-state index contributed by atoms with van der Waals surface area (Å²) in [5.74, 6) is -3.04. The van der Waals surface area contributed by atoms with Crippen molar-refractivity contribution in [2.45, 2.75) is 32.7 Å². The summed E-state index contributed by atoms with van der Waals surface area (Å²) in [6.07, 6.45) is 3.22. The van der Waals surface area contributed by atoms with Crippen molar-refractivity contribution < 1.29 is 13.2 Å². The van der Waals surface area contributed by atoms with E-state index in [1.807, 2.05) is 6.07 Å². The van der Waals surface area contributed by atoms with Crippen molar-refractivity contribution in [3.63, 3.8) is 0 Å². The summed E-state index contributed by atoms with van der Waals surface area (Å²) in [5.41, 5.74) is 7.97. The lowest BCUT2D eigenvalue weighted by molar-refractivity contribution is 0.278. The van der Waals surface area contributed by atoms with Crippen LogP contribution in [0.1, 0.15) is 37.6 Å². The van der Waals surface area contributed by atoms with Gasteiger partial charge in [0.05, 0.1) is 5.69 Å². The van der Waals surface area contributed by atoms with Gasteiger partial charge >= 0.3 is 0 Å². The van der Waals surface area contributed by atoms with Gasteiger partial charge in [0.25, 0.3) is 0 Å². The molecule has 1 aliphatic rings. The van der Waals surface area contributed by atoms with Crippen LogP contribution in [-0.2, 0) is 6.42 Å². The molecule has 0 bridgehead atoms. The molecule has 1 aliphatic carbocycles. The van der Waals surface area contributed by atoms with Crippen LogP contribution in [0, 0.1) is 22.9 Å². The molecule has 0 aliphatic heterocycles. The van der Waals surface area contributed by atoms with Gasteiger partial charge in [-0.25, -0.2) is 13.2 Å². The van der Waals surface area contributed by atoms with E-state index >= 15 is 0 Å². The highest BCUT2D eigenvalue weighted by atomic mass is 19.2. The van der Waals surface area contributed by atoms with Gasteiger partial charge in [-0.2, -0.15) is 0 Å². The molecule has 3 rings (SSSR count). The van der Waals surface area contributed by atoms with Crippen molar-refractivity contribution in [3.05, 3.63) is 53.1 Å². The van der Waals surface area contributed by atoms with Gasteiger partial charge in [-0.15, -0.1) is 0 Å². The molecule has 1 unspecified atom stereocenters. The highest BCUT2D eigenvalue weighted by molar-refractivity contribution is 5.42. The van der Waals surface area contributed by atoms with Crippen molar-refractivity contribution in [1.82, 2.24) is 4.57 Å². The zero-order chi connectivity index (χ0) is 15.4. The highest BCUT2D eigenvalue weighted by Gasteiger charge is 2.33. The molecule has 2 aromatic rings.